The Hall–Kier alpha value is -0.120. The Morgan fingerprint density at radius 1 is 1.22 bits per heavy atom. The van der Waals surface area contributed by atoms with E-state index in [0.29, 0.717) is 0 Å². The van der Waals surface area contributed by atoms with Gasteiger partial charge in [0.25, 0.3) is 0 Å². The molecule has 18 heavy (non-hydrogen) atoms. The number of nitrogens with one attached hydrogen (secondary N) is 1. The standard InChI is InChI=1S/C15H32N2O/c1-14(2)12-16-8-6-5-7-9-17-10-11-18-15(3,4)13-17/h14,16H,5-13H2,1-4H3. The van der Waals surface area contributed by atoms with E-state index in [4.69, 9.17) is 4.74 Å². The van der Waals surface area contributed by atoms with Crippen LogP contribution in [0.15, 0.2) is 0 Å². The number of rotatable bonds is 8. The van der Waals surface area contributed by atoms with Gasteiger partial charge >= 0.3 is 0 Å². The Morgan fingerprint density at radius 2 is 2.00 bits per heavy atom. The second-order valence-electron chi connectivity index (χ2n) is 6.54. The van der Waals surface area contributed by atoms with Gasteiger partial charge in [-0.2, -0.15) is 0 Å². The molecule has 0 aromatic rings. The normalized spacial score (nSPS) is 20.5. The lowest BCUT2D eigenvalue weighted by Crippen LogP contribution is -2.48. The molecule has 1 aliphatic rings. The van der Waals surface area contributed by atoms with E-state index in [-0.39, 0.29) is 5.60 Å². The molecule has 1 heterocycles. The fraction of sp³-hybridized carbons (Fsp3) is 1.00. The maximum atomic E-state index is 5.73. The molecule has 0 saturated carbocycles. The summed E-state index contributed by atoms with van der Waals surface area (Å²) in [5, 5.41) is 3.50. The summed E-state index contributed by atoms with van der Waals surface area (Å²) in [6.07, 6.45) is 3.96. The second kappa shape index (κ2) is 8.13. The molecule has 1 saturated heterocycles. The van der Waals surface area contributed by atoms with Crippen LogP contribution in [0.3, 0.4) is 0 Å². The largest absolute Gasteiger partial charge is 0.373 e. The third-order valence-electron chi connectivity index (χ3n) is 3.39. The summed E-state index contributed by atoms with van der Waals surface area (Å²) in [6, 6.07) is 0. The quantitative estimate of drug-likeness (QED) is 0.675. The van der Waals surface area contributed by atoms with Gasteiger partial charge in [0.05, 0.1) is 12.2 Å². The summed E-state index contributed by atoms with van der Waals surface area (Å²) in [6.45, 7) is 15.5. The van der Waals surface area contributed by atoms with Crippen LogP contribution in [-0.4, -0.2) is 49.8 Å². The van der Waals surface area contributed by atoms with Crippen molar-refractivity contribution >= 4 is 0 Å². The van der Waals surface area contributed by atoms with Crippen molar-refractivity contribution in [2.24, 2.45) is 5.92 Å². The average Bonchev–Trinajstić information content (AvgIpc) is 2.26. The van der Waals surface area contributed by atoms with Crippen LogP contribution >= 0.6 is 0 Å². The van der Waals surface area contributed by atoms with Crippen LogP contribution in [0.2, 0.25) is 0 Å². The van der Waals surface area contributed by atoms with Crippen LogP contribution in [0.25, 0.3) is 0 Å². The van der Waals surface area contributed by atoms with Crippen LogP contribution in [0, 0.1) is 5.92 Å². The molecule has 0 unspecified atom stereocenters. The van der Waals surface area contributed by atoms with Crippen LogP contribution in [0.4, 0.5) is 0 Å². The van der Waals surface area contributed by atoms with Crippen molar-refractivity contribution in [1.29, 1.82) is 0 Å². The molecule has 0 aromatic carbocycles. The van der Waals surface area contributed by atoms with Gasteiger partial charge in [0, 0.05) is 13.1 Å². The van der Waals surface area contributed by atoms with Gasteiger partial charge in [-0.25, -0.2) is 0 Å². The number of hydrogen-bond acceptors (Lipinski definition) is 3. The third-order valence-corrected chi connectivity index (χ3v) is 3.39. The van der Waals surface area contributed by atoms with Gasteiger partial charge in [-0.05, 0) is 52.2 Å². The van der Waals surface area contributed by atoms with Gasteiger partial charge in [0.2, 0.25) is 0 Å². The van der Waals surface area contributed by atoms with Gasteiger partial charge in [-0.3, -0.25) is 4.90 Å². The third kappa shape index (κ3) is 7.34. The zero-order chi connectivity index (χ0) is 13.4. The van der Waals surface area contributed by atoms with Gasteiger partial charge in [0.1, 0.15) is 0 Å². The molecule has 0 aliphatic carbocycles. The maximum Gasteiger partial charge on any atom is 0.0753 e. The molecule has 0 atom stereocenters. The molecule has 3 heteroatoms. The Bertz CT molecular complexity index is 217. The molecule has 0 amide bonds. The van der Waals surface area contributed by atoms with E-state index in [0.717, 1.165) is 32.2 Å². The summed E-state index contributed by atoms with van der Waals surface area (Å²) in [5.74, 6) is 0.764. The Kier molecular flexibility index (Phi) is 7.20. The lowest BCUT2D eigenvalue weighted by atomic mass is 10.1. The van der Waals surface area contributed by atoms with Crippen LogP contribution < -0.4 is 5.32 Å². The molecular weight excluding hydrogens is 224 g/mol. The van der Waals surface area contributed by atoms with Crippen LogP contribution in [0.1, 0.15) is 47.0 Å². The molecule has 0 bridgehead atoms. The monoisotopic (exact) mass is 256 g/mol. The Labute approximate surface area is 113 Å². The van der Waals surface area contributed by atoms with Crippen molar-refractivity contribution in [3.05, 3.63) is 0 Å². The van der Waals surface area contributed by atoms with Crippen molar-refractivity contribution in [2.45, 2.75) is 52.6 Å². The minimum atomic E-state index is 0.0526. The average molecular weight is 256 g/mol. The predicted molar refractivity (Wildman–Crippen MR) is 78.0 cm³/mol. The van der Waals surface area contributed by atoms with E-state index in [2.05, 4.69) is 37.9 Å². The first-order chi connectivity index (χ1) is 8.49. The number of ether oxygens (including phenoxy) is 1. The minimum absolute atomic E-state index is 0.0526. The summed E-state index contributed by atoms with van der Waals surface area (Å²) in [7, 11) is 0. The van der Waals surface area contributed by atoms with Crippen molar-refractivity contribution in [3.8, 4) is 0 Å². The van der Waals surface area contributed by atoms with Crippen molar-refractivity contribution in [1.82, 2.24) is 10.2 Å². The van der Waals surface area contributed by atoms with Crippen molar-refractivity contribution in [2.75, 3.05) is 39.3 Å². The summed E-state index contributed by atoms with van der Waals surface area (Å²) in [5.41, 5.74) is 0.0526. The van der Waals surface area contributed by atoms with E-state index in [1.54, 1.807) is 0 Å². The van der Waals surface area contributed by atoms with Crippen molar-refractivity contribution < 1.29 is 4.74 Å². The lowest BCUT2D eigenvalue weighted by molar-refractivity contribution is -0.0861. The van der Waals surface area contributed by atoms with Gasteiger partial charge in [-0.1, -0.05) is 20.3 Å². The van der Waals surface area contributed by atoms with Crippen molar-refractivity contribution in [3.63, 3.8) is 0 Å². The molecule has 3 nitrogen and oxygen atoms in total. The Morgan fingerprint density at radius 3 is 2.67 bits per heavy atom. The van der Waals surface area contributed by atoms with E-state index in [9.17, 15) is 0 Å². The first-order valence-corrected chi connectivity index (χ1v) is 7.57. The maximum absolute atomic E-state index is 5.73. The number of unbranched alkanes of at least 4 members (excludes halogenated alkanes) is 2. The molecule has 1 fully saturated rings. The minimum Gasteiger partial charge on any atom is -0.373 e. The molecule has 1 aliphatic heterocycles. The zero-order valence-electron chi connectivity index (χ0n) is 12.8. The molecule has 1 rings (SSSR count). The van der Waals surface area contributed by atoms with E-state index in [1.807, 2.05) is 0 Å². The summed E-state index contributed by atoms with van der Waals surface area (Å²) < 4.78 is 5.73. The van der Waals surface area contributed by atoms with Gasteiger partial charge in [0.15, 0.2) is 0 Å². The molecule has 0 spiro atoms. The first kappa shape index (κ1) is 15.9. The van der Waals surface area contributed by atoms with E-state index < -0.39 is 0 Å². The smallest absolute Gasteiger partial charge is 0.0753 e. The van der Waals surface area contributed by atoms with Crippen LogP contribution in [-0.2, 0) is 4.74 Å². The van der Waals surface area contributed by atoms with E-state index in [1.165, 1.54) is 32.4 Å². The van der Waals surface area contributed by atoms with E-state index >= 15 is 0 Å². The number of hydrogen-bond donors (Lipinski definition) is 1. The molecule has 108 valence electrons. The molecule has 0 aromatic heterocycles. The zero-order valence-corrected chi connectivity index (χ0v) is 12.8. The lowest BCUT2D eigenvalue weighted by Gasteiger charge is -2.38. The summed E-state index contributed by atoms with van der Waals surface area (Å²) >= 11 is 0. The molecule has 1 N–H and O–H groups in total. The first-order valence-electron chi connectivity index (χ1n) is 7.57. The van der Waals surface area contributed by atoms with Gasteiger partial charge in [-0.15, -0.1) is 0 Å². The summed E-state index contributed by atoms with van der Waals surface area (Å²) in [4.78, 5) is 2.55. The highest BCUT2D eigenvalue weighted by Gasteiger charge is 2.26. The topological polar surface area (TPSA) is 24.5 Å². The highest BCUT2D eigenvalue weighted by molar-refractivity contribution is 4.78. The highest BCUT2D eigenvalue weighted by Crippen LogP contribution is 2.16. The SMILES string of the molecule is CC(C)CNCCCCCN1CCOC(C)(C)C1. The molecular formula is C15H32N2O. The fourth-order valence-corrected chi connectivity index (χ4v) is 2.46. The Balaban J connectivity index is 1.94. The fourth-order valence-electron chi connectivity index (χ4n) is 2.46. The van der Waals surface area contributed by atoms with Gasteiger partial charge < -0.3 is 10.1 Å². The van der Waals surface area contributed by atoms with Crippen LogP contribution in [0.5, 0.6) is 0 Å². The second-order valence-corrected chi connectivity index (χ2v) is 6.54. The molecule has 0 radical (unpaired) electrons. The predicted octanol–water partition coefficient (Wildman–Crippen LogP) is 2.51. The number of morpholine rings is 1. The number of nitrogens with zero attached hydrogens (tertiary/aromatic N) is 1. The highest BCUT2D eigenvalue weighted by atomic mass is 16.5.